The number of hydrogen-bond donors (Lipinski definition) is 1. The van der Waals surface area contributed by atoms with Gasteiger partial charge in [-0.25, -0.2) is 9.37 Å². The summed E-state index contributed by atoms with van der Waals surface area (Å²) >= 11 is 0. The molecule has 0 radical (unpaired) electrons. The number of halogens is 1. The number of imidazole rings is 1. The van der Waals surface area contributed by atoms with Gasteiger partial charge in [-0.05, 0) is 42.8 Å². The Labute approximate surface area is 99.3 Å². The number of aromatic nitrogens is 2. The Morgan fingerprint density at radius 2 is 2.12 bits per heavy atom. The van der Waals surface area contributed by atoms with E-state index in [2.05, 4.69) is 14.9 Å². The van der Waals surface area contributed by atoms with Gasteiger partial charge in [0.15, 0.2) is 0 Å². The molecule has 1 N–H and O–H groups in total. The highest BCUT2D eigenvalue weighted by atomic mass is 19.1. The summed E-state index contributed by atoms with van der Waals surface area (Å²) in [5.74, 6) is -0.206. The molecule has 1 saturated heterocycles. The third kappa shape index (κ3) is 1.96. The van der Waals surface area contributed by atoms with Crippen molar-refractivity contribution in [2.45, 2.75) is 12.5 Å². The van der Waals surface area contributed by atoms with E-state index in [-0.39, 0.29) is 5.82 Å². The zero-order valence-electron chi connectivity index (χ0n) is 9.44. The van der Waals surface area contributed by atoms with Crippen molar-refractivity contribution in [2.75, 3.05) is 13.1 Å². The molecule has 88 valence electrons. The molecule has 1 aromatic carbocycles. The summed E-state index contributed by atoms with van der Waals surface area (Å²) in [5.41, 5.74) is 2.06. The van der Waals surface area contributed by atoms with Gasteiger partial charge in [-0.3, -0.25) is 0 Å². The van der Waals surface area contributed by atoms with Gasteiger partial charge >= 0.3 is 0 Å². The molecule has 3 nitrogen and oxygen atoms in total. The van der Waals surface area contributed by atoms with E-state index in [0.29, 0.717) is 6.04 Å². The van der Waals surface area contributed by atoms with Gasteiger partial charge in [-0.15, -0.1) is 0 Å². The van der Waals surface area contributed by atoms with Crippen LogP contribution in [0.15, 0.2) is 36.8 Å². The van der Waals surface area contributed by atoms with Crippen LogP contribution in [0.1, 0.15) is 12.5 Å². The van der Waals surface area contributed by atoms with E-state index >= 15 is 0 Å². The van der Waals surface area contributed by atoms with Crippen LogP contribution in [-0.4, -0.2) is 22.6 Å². The van der Waals surface area contributed by atoms with E-state index in [1.54, 1.807) is 12.1 Å². The van der Waals surface area contributed by atoms with Crippen molar-refractivity contribution in [1.82, 2.24) is 14.9 Å². The Bertz CT molecular complexity index is 498. The standard InChI is InChI=1S/C13H14FN3/c14-11-3-1-10(2-4-11)13-8-16-9-17(13)12-5-6-15-7-12/h1-4,8-9,12,15H,5-7H2. The maximum Gasteiger partial charge on any atom is 0.123 e. The molecular weight excluding hydrogens is 217 g/mol. The largest absolute Gasteiger partial charge is 0.326 e. The molecule has 1 aliphatic heterocycles. The summed E-state index contributed by atoms with van der Waals surface area (Å²) in [6.07, 6.45) is 4.81. The van der Waals surface area contributed by atoms with E-state index in [1.165, 1.54) is 12.1 Å². The molecule has 1 aromatic heterocycles. The maximum atomic E-state index is 12.9. The van der Waals surface area contributed by atoms with Gasteiger partial charge in [0.2, 0.25) is 0 Å². The molecule has 0 saturated carbocycles. The second kappa shape index (κ2) is 4.30. The molecule has 4 heteroatoms. The molecule has 1 fully saturated rings. The molecular formula is C13H14FN3. The first-order chi connectivity index (χ1) is 8.34. The summed E-state index contributed by atoms with van der Waals surface area (Å²) in [4.78, 5) is 4.21. The Morgan fingerprint density at radius 1 is 1.29 bits per heavy atom. The monoisotopic (exact) mass is 231 g/mol. The lowest BCUT2D eigenvalue weighted by Gasteiger charge is -2.14. The van der Waals surface area contributed by atoms with Gasteiger partial charge in [-0.1, -0.05) is 0 Å². The van der Waals surface area contributed by atoms with Gasteiger partial charge in [0.05, 0.1) is 18.2 Å². The molecule has 0 bridgehead atoms. The first-order valence-electron chi connectivity index (χ1n) is 5.83. The Hall–Kier alpha value is -1.68. The fourth-order valence-electron chi connectivity index (χ4n) is 2.32. The van der Waals surface area contributed by atoms with Crippen LogP contribution in [0.25, 0.3) is 11.3 Å². The van der Waals surface area contributed by atoms with Crippen LogP contribution in [0.4, 0.5) is 4.39 Å². The number of rotatable bonds is 2. The highest BCUT2D eigenvalue weighted by Gasteiger charge is 2.18. The summed E-state index contributed by atoms with van der Waals surface area (Å²) in [6.45, 7) is 2.02. The fraction of sp³-hybridized carbons (Fsp3) is 0.308. The Morgan fingerprint density at radius 3 is 2.82 bits per heavy atom. The highest BCUT2D eigenvalue weighted by Crippen LogP contribution is 2.25. The van der Waals surface area contributed by atoms with Crippen molar-refractivity contribution in [2.24, 2.45) is 0 Å². The normalized spacial score (nSPS) is 19.7. The summed E-state index contributed by atoms with van der Waals surface area (Å²) in [5, 5.41) is 3.34. The average molecular weight is 231 g/mol. The molecule has 17 heavy (non-hydrogen) atoms. The zero-order valence-corrected chi connectivity index (χ0v) is 9.44. The van der Waals surface area contributed by atoms with Crippen LogP contribution in [0.2, 0.25) is 0 Å². The second-order valence-corrected chi connectivity index (χ2v) is 4.34. The Kier molecular flexibility index (Phi) is 2.65. The predicted octanol–water partition coefficient (Wildman–Crippen LogP) is 2.22. The quantitative estimate of drug-likeness (QED) is 0.859. The molecule has 3 rings (SSSR count). The van der Waals surface area contributed by atoms with E-state index in [0.717, 1.165) is 30.8 Å². The minimum Gasteiger partial charge on any atom is -0.326 e. The second-order valence-electron chi connectivity index (χ2n) is 4.34. The SMILES string of the molecule is Fc1ccc(-c2cncn2C2CCNC2)cc1. The van der Waals surface area contributed by atoms with Crippen LogP contribution in [0, 0.1) is 5.82 Å². The van der Waals surface area contributed by atoms with Crippen LogP contribution in [0.5, 0.6) is 0 Å². The molecule has 2 heterocycles. The van der Waals surface area contributed by atoms with Crippen molar-refractivity contribution >= 4 is 0 Å². The van der Waals surface area contributed by atoms with Gasteiger partial charge in [0.1, 0.15) is 5.82 Å². The maximum absolute atomic E-state index is 12.9. The molecule has 1 aliphatic rings. The summed E-state index contributed by atoms with van der Waals surface area (Å²) in [6, 6.07) is 7.02. The van der Waals surface area contributed by atoms with Gasteiger partial charge in [-0.2, -0.15) is 0 Å². The van der Waals surface area contributed by atoms with Gasteiger partial charge in [0, 0.05) is 12.6 Å². The number of nitrogens with one attached hydrogen (secondary N) is 1. The van der Waals surface area contributed by atoms with E-state index in [9.17, 15) is 4.39 Å². The van der Waals surface area contributed by atoms with Crippen LogP contribution in [-0.2, 0) is 0 Å². The highest BCUT2D eigenvalue weighted by molar-refractivity contribution is 5.58. The minimum absolute atomic E-state index is 0.206. The molecule has 0 aliphatic carbocycles. The average Bonchev–Trinajstić information content (AvgIpc) is 3.00. The van der Waals surface area contributed by atoms with Crippen molar-refractivity contribution in [3.05, 3.63) is 42.6 Å². The lowest BCUT2D eigenvalue weighted by Crippen LogP contribution is -2.13. The summed E-state index contributed by atoms with van der Waals surface area (Å²) in [7, 11) is 0. The summed E-state index contributed by atoms with van der Waals surface area (Å²) < 4.78 is 15.1. The van der Waals surface area contributed by atoms with Gasteiger partial charge < -0.3 is 9.88 Å². The molecule has 1 atom stereocenters. The smallest absolute Gasteiger partial charge is 0.123 e. The van der Waals surface area contributed by atoms with Gasteiger partial charge in [0.25, 0.3) is 0 Å². The number of benzene rings is 1. The van der Waals surface area contributed by atoms with Crippen LogP contribution < -0.4 is 5.32 Å². The fourth-order valence-corrected chi connectivity index (χ4v) is 2.32. The predicted molar refractivity (Wildman–Crippen MR) is 64.1 cm³/mol. The molecule has 0 spiro atoms. The zero-order chi connectivity index (χ0) is 11.7. The molecule has 0 amide bonds. The lowest BCUT2D eigenvalue weighted by molar-refractivity contribution is 0.551. The molecule has 2 aromatic rings. The van der Waals surface area contributed by atoms with Crippen molar-refractivity contribution in [3.63, 3.8) is 0 Å². The Balaban J connectivity index is 1.97. The van der Waals surface area contributed by atoms with Crippen LogP contribution >= 0.6 is 0 Å². The first kappa shape index (κ1) is 10.5. The van der Waals surface area contributed by atoms with E-state index < -0.39 is 0 Å². The third-order valence-electron chi connectivity index (χ3n) is 3.23. The number of nitrogens with zero attached hydrogens (tertiary/aromatic N) is 2. The third-order valence-corrected chi connectivity index (χ3v) is 3.23. The lowest BCUT2D eigenvalue weighted by atomic mass is 10.1. The minimum atomic E-state index is -0.206. The molecule has 1 unspecified atom stereocenters. The number of hydrogen-bond acceptors (Lipinski definition) is 2. The van der Waals surface area contributed by atoms with Crippen molar-refractivity contribution in [3.8, 4) is 11.3 Å². The van der Waals surface area contributed by atoms with Crippen LogP contribution in [0.3, 0.4) is 0 Å². The van der Waals surface area contributed by atoms with Crippen molar-refractivity contribution in [1.29, 1.82) is 0 Å². The first-order valence-corrected chi connectivity index (χ1v) is 5.83. The van der Waals surface area contributed by atoms with E-state index in [1.807, 2.05) is 12.5 Å². The van der Waals surface area contributed by atoms with E-state index in [4.69, 9.17) is 0 Å². The van der Waals surface area contributed by atoms with Crippen molar-refractivity contribution < 1.29 is 4.39 Å². The topological polar surface area (TPSA) is 29.9 Å².